The van der Waals surface area contributed by atoms with Crippen molar-refractivity contribution in [1.82, 2.24) is 5.32 Å². The number of carbonyl (C=O) groups excluding carboxylic acids is 2. The zero-order chi connectivity index (χ0) is 16.7. The van der Waals surface area contributed by atoms with Crippen LogP contribution in [0.15, 0.2) is 36.0 Å². The van der Waals surface area contributed by atoms with Crippen LogP contribution in [0.2, 0.25) is 5.02 Å². The molecule has 1 aromatic carbocycles. The zero-order valence-corrected chi connectivity index (χ0v) is 14.1. The molecule has 1 aliphatic carbocycles. The number of rotatable bonds is 6. The Kier molecular flexibility index (Phi) is 6.66. The van der Waals surface area contributed by atoms with Crippen LogP contribution in [0.4, 0.5) is 0 Å². The predicted octanol–water partition coefficient (Wildman–Crippen LogP) is 3.89. The number of ketones is 1. The van der Waals surface area contributed by atoms with Crippen LogP contribution in [0.3, 0.4) is 0 Å². The molecule has 0 amide bonds. The second-order valence-corrected chi connectivity index (χ2v) is 6.00. The third-order valence-electron chi connectivity index (χ3n) is 3.93. The van der Waals surface area contributed by atoms with Gasteiger partial charge >= 0.3 is 5.97 Å². The smallest absolute Gasteiger partial charge is 0.343 e. The second-order valence-electron chi connectivity index (χ2n) is 5.59. The lowest BCUT2D eigenvalue weighted by Gasteiger charge is -2.22. The molecule has 0 aliphatic heterocycles. The SMILES string of the molecule is CCOC(=O)/C(=C/NC1CCCCC1)C(=O)c1ccccc1Cl. The number of ether oxygens (including phenoxy) is 1. The summed E-state index contributed by atoms with van der Waals surface area (Å²) in [4.78, 5) is 24.8. The monoisotopic (exact) mass is 335 g/mol. The lowest BCUT2D eigenvalue weighted by molar-refractivity contribution is -0.138. The summed E-state index contributed by atoms with van der Waals surface area (Å²) in [7, 11) is 0. The summed E-state index contributed by atoms with van der Waals surface area (Å²) < 4.78 is 5.02. The third kappa shape index (κ3) is 4.83. The summed E-state index contributed by atoms with van der Waals surface area (Å²) in [5, 5.41) is 3.53. The topological polar surface area (TPSA) is 55.4 Å². The average Bonchev–Trinajstić information content (AvgIpc) is 2.56. The van der Waals surface area contributed by atoms with Crippen LogP contribution in [0.5, 0.6) is 0 Å². The number of carbonyl (C=O) groups is 2. The largest absolute Gasteiger partial charge is 0.462 e. The van der Waals surface area contributed by atoms with Gasteiger partial charge in [-0.3, -0.25) is 4.79 Å². The first-order valence-corrected chi connectivity index (χ1v) is 8.43. The van der Waals surface area contributed by atoms with Crippen molar-refractivity contribution in [3.05, 3.63) is 46.6 Å². The molecule has 124 valence electrons. The van der Waals surface area contributed by atoms with Gasteiger partial charge in [-0.25, -0.2) is 4.79 Å². The summed E-state index contributed by atoms with van der Waals surface area (Å²) in [6, 6.07) is 7.00. The minimum Gasteiger partial charge on any atom is -0.462 e. The van der Waals surface area contributed by atoms with E-state index >= 15 is 0 Å². The van der Waals surface area contributed by atoms with Crippen molar-refractivity contribution in [2.45, 2.75) is 45.1 Å². The summed E-state index contributed by atoms with van der Waals surface area (Å²) in [5.74, 6) is -1.04. The Bertz CT molecular complexity index is 592. The van der Waals surface area contributed by atoms with Gasteiger partial charge in [0.2, 0.25) is 5.78 Å². The normalized spacial score (nSPS) is 16.0. The maximum Gasteiger partial charge on any atom is 0.343 e. The maximum atomic E-state index is 12.7. The molecule has 5 heteroatoms. The number of esters is 1. The molecule has 0 radical (unpaired) electrons. The molecule has 0 saturated heterocycles. The van der Waals surface area contributed by atoms with Crippen LogP contribution in [0.1, 0.15) is 49.4 Å². The molecule has 0 aromatic heterocycles. The van der Waals surface area contributed by atoms with Crippen molar-refractivity contribution in [3.8, 4) is 0 Å². The molecule has 1 saturated carbocycles. The van der Waals surface area contributed by atoms with Gasteiger partial charge in [0, 0.05) is 17.8 Å². The number of hydrogen-bond donors (Lipinski definition) is 1. The van der Waals surface area contributed by atoms with E-state index in [1.165, 1.54) is 25.5 Å². The Morgan fingerprint density at radius 2 is 1.96 bits per heavy atom. The van der Waals surface area contributed by atoms with Gasteiger partial charge in [-0.2, -0.15) is 0 Å². The summed E-state index contributed by atoms with van der Waals surface area (Å²) in [6.45, 7) is 1.93. The maximum absolute atomic E-state index is 12.7. The van der Waals surface area contributed by atoms with Crippen molar-refractivity contribution >= 4 is 23.4 Å². The van der Waals surface area contributed by atoms with Gasteiger partial charge in [0.1, 0.15) is 5.57 Å². The summed E-state index contributed by atoms with van der Waals surface area (Å²) >= 11 is 6.07. The number of benzene rings is 1. The van der Waals surface area contributed by atoms with Gasteiger partial charge in [0.15, 0.2) is 0 Å². The van der Waals surface area contributed by atoms with E-state index in [2.05, 4.69) is 5.32 Å². The molecule has 0 spiro atoms. The molecule has 1 N–H and O–H groups in total. The molecule has 0 unspecified atom stereocenters. The molecule has 4 nitrogen and oxygen atoms in total. The predicted molar refractivity (Wildman–Crippen MR) is 90.5 cm³/mol. The van der Waals surface area contributed by atoms with Crippen molar-refractivity contribution < 1.29 is 14.3 Å². The lowest BCUT2D eigenvalue weighted by atomic mass is 9.95. The quantitative estimate of drug-likeness (QED) is 0.282. The molecule has 0 heterocycles. The Labute approximate surface area is 141 Å². The minimum atomic E-state index is -0.624. The van der Waals surface area contributed by atoms with Crippen LogP contribution >= 0.6 is 11.6 Å². The molecule has 1 fully saturated rings. The van der Waals surface area contributed by atoms with E-state index in [0.717, 1.165) is 12.8 Å². The van der Waals surface area contributed by atoms with Crippen molar-refractivity contribution in [1.29, 1.82) is 0 Å². The van der Waals surface area contributed by atoms with Gasteiger partial charge in [0.05, 0.1) is 11.6 Å². The van der Waals surface area contributed by atoms with E-state index in [0.29, 0.717) is 16.6 Å². The standard InChI is InChI=1S/C18H22ClNO3/c1-2-23-18(22)15(12-20-13-8-4-3-5-9-13)17(21)14-10-6-7-11-16(14)19/h6-7,10-13,20H,2-5,8-9H2,1H3/b15-12+. The first kappa shape index (κ1) is 17.5. The Morgan fingerprint density at radius 1 is 1.26 bits per heavy atom. The molecule has 23 heavy (non-hydrogen) atoms. The van der Waals surface area contributed by atoms with E-state index in [1.807, 2.05) is 0 Å². The molecular weight excluding hydrogens is 314 g/mol. The first-order valence-electron chi connectivity index (χ1n) is 8.06. The fourth-order valence-electron chi connectivity index (χ4n) is 2.69. The summed E-state index contributed by atoms with van der Waals surface area (Å²) in [6.07, 6.45) is 7.17. The van der Waals surface area contributed by atoms with Crippen LogP contribution in [-0.4, -0.2) is 24.4 Å². The van der Waals surface area contributed by atoms with Crippen LogP contribution < -0.4 is 5.32 Å². The molecule has 0 bridgehead atoms. The van der Waals surface area contributed by atoms with E-state index in [1.54, 1.807) is 31.2 Å². The van der Waals surface area contributed by atoms with E-state index in [-0.39, 0.29) is 12.2 Å². The Hall–Kier alpha value is -1.81. The van der Waals surface area contributed by atoms with Crippen LogP contribution in [0.25, 0.3) is 0 Å². The first-order chi connectivity index (χ1) is 11.1. The highest BCUT2D eigenvalue weighted by molar-refractivity contribution is 6.36. The second kappa shape index (κ2) is 8.73. The van der Waals surface area contributed by atoms with Crippen molar-refractivity contribution in [3.63, 3.8) is 0 Å². The van der Waals surface area contributed by atoms with Crippen LogP contribution in [-0.2, 0) is 9.53 Å². The number of halogens is 1. The fourth-order valence-corrected chi connectivity index (χ4v) is 2.91. The van der Waals surface area contributed by atoms with Gasteiger partial charge in [-0.1, -0.05) is 43.0 Å². The zero-order valence-electron chi connectivity index (χ0n) is 13.3. The average molecular weight is 336 g/mol. The van der Waals surface area contributed by atoms with Gasteiger partial charge in [0.25, 0.3) is 0 Å². The highest BCUT2D eigenvalue weighted by Gasteiger charge is 2.23. The van der Waals surface area contributed by atoms with Crippen LogP contribution in [0, 0.1) is 0 Å². The molecule has 1 aromatic rings. The molecule has 2 rings (SSSR count). The Balaban J connectivity index is 2.21. The number of hydrogen-bond acceptors (Lipinski definition) is 4. The van der Waals surface area contributed by atoms with E-state index in [9.17, 15) is 9.59 Å². The fraction of sp³-hybridized carbons (Fsp3) is 0.444. The summed E-state index contributed by atoms with van der Waals surface area (Å²) in [5.41, 5.74) is 0.296. The molecular formula is C18H22ClNO3. The van der Waals surface area contributed by atoms with E-state index < -0.39 is 11.8 Å². The van der Waals surface area contributed by atoms with Gasteiger partial charge < -0.3 is 10.1 Å². The van der Waals surface area contributed by atoms with Crippen molar-refractivity contribution in [2.75, 3.05) is 6.61 Å². The van der Waals surface area contributed by atoms with Gasteiger partial charge in [-0.05, 0) is 31.9 Å². The highest BCUT2D eigenvalue weighted by atomic mass is 35.5. The molecule has 1 aliphatic rings. The Morgan fingerprint density at radius 3 is 2.61 bits per heavy atom. The third-order valence-corrected chi connectivity index (χ3v) is 4.26. The van der Waals surface area contributed by atoms with Gasteiger partial charge in [-0.15, -0.1) is 0 Å². The lowest BCUT2D eigenvalue weighted by Crippen LogP contribution is -2.29. The number of nitrogens with one attached hydrogen (secondary N) is 1. The van der Waals surface area contributed by atoms with Crippen molar-refractivity contribution in [2.24, 2.45) is 0 Å². The molecule has 0 atom stereocenters. The highest BCUT2D eigenvalue weighted by Crippen LogP contribution is 2.21. The minimum absolute atomic E-state index is 0.00877. The number of Topliss-reactive ketones (excluding diaryl/α,β-unsaturated/α-hetero) is 1. The van der Waals surface area contributed by atoms with E-state index in [4.69, 9.17) is 16.3 Å².